The lowest BCUT2D eigenvalue weighted by atomic mass is 9.98. The highest BCUT2D eigenvalue weighted by molar-refractivity contribution is 5.81. The van der Waals surface area contributed by atoms with Gasteiger partial charge >= 0.3 is 12.1 Å². The highest BCUT2D eigenvalue weighted by atomic mass is 16.5. The molecule has 0 aromatic heterocycles. The number of carboxylic acid groups (broad SMARTS) is 1. The van der Waals surface area contributed by atoms with Gasteiger partial charge in [0.1, 0.15) is 13.2 Å². The van der Waals surface area contributed by atoms with E-state index in [1.54, 1.807) is 0 Å². The summed E-state index contributed by atoms with van der Waals surface area (Å²) >= 11 is 0. The molecule has 1 unspecified atom stereocenters. The lowest BCUT2D eigenvalue weighted by molar-refractivity contribution is -0.145. The van der Waals surface area contributed by atoms with Crippen molar-refractivity contribution in [2.24, 2.45) is 0 Å². The third-order valence-electron chi connectivity index (χ3n) is 6.63. The number of nitrogens with zero attached hydrogens (tertiary/aromatic N) is 1. The third-order valence-corrected chi connectivity index (χ3v) is 6.63. The molecule has 2 N–H and O–H groups in total. The molecule has 192 valence electrons. The van der Waals surface area contributed by atoms with Crippen LogP contribution in [-0.4, -0.2) is 47.2 Å². The van der Waals surface area contributed by atoms with Crippen LogP contribution < -0.4 is 5.32 Å². The average molecular weight is 501 g/mol. The molecule has 7 heteroatoms. The molecule has 1 aliphatic carbocycles. The number of ether oxygens (including phenoxy) is 1. The summed E-state index contributed by atoms with van der Waals surface area (Å²) in [5, 5.41) is 12.1. The summed E-state index contributed by atoms with van der Waals surface area (Å²) in [6.07, 6.45) is 0.811. The molecule has 4 rings (SSSR count). The number of hydrogen-bond acceptors (Lipinski definition) is 4. The number of aliphatic carboxylic acids is 1. The second kappa shape index (κ2) is 12.2. The molecule has 0 fully saturated rings. The normalized spacial score (nSPS) is 12.8. The number of carbonyl (C=O) groups excluding carboxylic acids is 2. The van der Waals surface area contributed by atoms with Crippen LogP contribution in [0.3, 0.4) is 0 Å². The maximum absolute atomic E-state index is 12.7. The summed E-state index contributed by atoms with van der Waals surface area (Å²) in [5.74, 6) is -1.27. The second-order valence-corrected chi connectivity index (χ2v) is 9.39. The first kappa shape index (κ1) is 25.9. The van der Waals surface area contributed by atoms with Crippen LogP contribution >= 0.6 is 0 Å². The topological polar surface area (TPSA) is 95.9 Å². The molecule has 0 saturated heterocycles. The molecule has 7 nitrogen and oxygen atoms in total. The van der Waals surface area contributed by atoms with Crippen LogP contribution in [0.15, 0.2) is 78.9 Å². The summed E-state index contributed by atoms with van der Waals surface area (Å²) in [6, 6.07) is 25.5. The molecule has 0 saturated carbocycles. The van der Waals surface area contributed by atoms with Gasteiger partial charge in [-0.25, -0.2) is 4.79 Å². The Morgan fingerprint density at radius 3 is 2.14 bits per heavy atom. The Labute approximate surface area is 217 Å². The van der Waals surface area contributed by atoms with Crippen molar-refractivity contribution in [1.29, 1.82) is 0 Å². The fourth-order valence-electron chi connectivity index (χ4n) is 4.83. The van der Waals surface area contributed by atoms with E-state index >= 15 is 0 Å². The molecule has 0 aliphatic heterocycles. The monoisotopic (exact) mass is 500 g/mol. The van der Waals surface area contributed by atoms with E-state index in [4.69, 9.17) is 4.74 Å². The summed E-state index contributed by atoms with van der Waals surface area (Å²) in [7, 11) is 0. The van der Waals surface area contributed by atoms with Crippen molar-refractivity contribution in [3.63, 3.8) is 0 Å². The third kappa shape index (κ3) is 6.76. The van der Waals surface area contributed by atoms with Crippen LogP contribution in [-0.2, 0) is 20.9 Å². The number of benzene rings is 3. The summed E-state index contributed by atoms with van der Waals surface area (Å²) < 4.78 is 5.60. The molecule has 0 spiro atoms. The largest absolute Gasteiger partial charge is 0.480 e. The van der Waals surface area contributed by atoms with Gasteiger partial charge in [0.25, 0.3) is 0 Å². The van der Waals surface area contributed by atoms with Gasteiger partial charge in [0, 0.05) is 24.9 Å². The van der Waals surface area contributed by atoms with Crippen molar-refractivity contribution < 1.29 is 24.2 Å². The fraction of sp³-hybridized carbons (Fsp3) is 0.300. The van der Waals surface area contributed by atoms with Crippen LogP contribution in [0.4, 0.5) is 4.79 Å². The van der Waals surface area contributed by atoms with Gasteiger partial charge in [0.2, 0.25) is 5.91 Å². The van der Waals surface area contributed by atoms with Crippen molar-refractivity contribution in [2.75, 3.05) is 13.2 Å². The fourth-order valence-corrected chi connectivity index (χ4v) is 4.83. The number of nitrogens with one attached hydrogen (secondary N) is 1. The van der Waals surface area contributed by atoms with Gasteiger partial charge in [-0.1, -0.05) is 78.9 Å². The predicted octanol–water partition coefficient (Wildman–Crippen LogP) is 5.20. The van der Waals surface area contributed by atoms with E-state index < -0.39 is 12.1 Å². The van der Waals surface area contributed by atoms with Crippen molar-refractivity contribution >= 4 is 18.0 Å². The van der Waals surface area contributed by atoms with Crippen molar-refractivity contribution in [3.05, 3.63) is 95.6 Å². The number of carbonyl (C=O) groups is 3. The summed E-state index contributed by atoms with van der Waals surface area (Å²) in [4.78, 5) is 37.8. The predicted molar refractivity (Wildman–Crippen MR) is 141 cm³/mol. The number of carboxylic acids is 1. The van der Waals surface area contributed by atoms with E-state index in [1.807, 2.05) is 61.5 Å². The van der Waals surface area contributed by atoms with E-state index in [-0.39, 0.29) is 44.0 Å². The van der Waals surface area contributed by atoms with Gasteiger partial charge in [-0.2, -0.15) is 0 Å². The molecular formula is C30H32N2O5. The lowest BCUT2D eigenvalue weighted by Gasteiger charge is -2.21. The van der Waals surface area contributed by atoms with Crippen LogP contribution in [0.2, 0.25) is 0 Å². The van der Waals surface area contributed by atoms with Gasteiger partial charge in [0.15, 0.2) is 0 Å². The quantitative estimate of drug-likeness (QED) is 0.377. The highest BCUT2D eigenvalue weighted by Gasteiger charge is 2.29. The first-order chi connectivity index (χ1) is 17.9. The SMILES string of the molecule is CC(CCCC(=O)N(CC(=O)O)Cc1ccccc1)NC(=O)OCC1c2ccccc2-c2ccccc21. The molecule has 37 heavy (non-hydrogen) atoms. The Hall–Kier alpha value is -4.13. The minimum Gasteiger partial charge on any atom is -0.480 e. The first-order valence-electron chi connectivity index (χ1n) is 12.6. The maximum Gasteiger partial charge on any atom is 0.407 e. The molecule has 0 radical (unpaired) electrons. The van der Waals surface area contributed by atoms with Crippen molar-refractivity contribution in [3.8, 4) is 11.1 Å². The van der Waals surface area contributed by atoms with Gasteiger partial charge in [-0.05, 0) is 47.6 Å². The lowest BCUT2D eigenvalue weighted by Crippen LogP contribution is -2.36. The van der Waals surface area contributed by atoms with E-state index in [1.165, 1.54) is 16.0 Å². The molecule has 3 aromatic carbocycles. The van der Waals surface area contributed by atoms with Crippen LogP contribution in [0.5, 0.6) is 0 Å². The van der Waals surface area contributed by atoms with E-state index in [9.17, 15) is 19.5 Å². The molecule has 1 atom stereocenters. The van der Waals surface area contributed by atoms with Crippen molar-refractivity contribution in [1.82, 2.24) is 10.2 Å². The zero-order valence-corrected chi connectivity index (χ0v) is 20.9. The average Bonchev–Trinajstić information content (AvgIpc) is 3.21. The van der Waals surface area contributed by atoms with E-state index in [2.05, 4.69) is 29.6 Å². The van der Waals surface area contributed by atoms with Gasteiger partial charge in [0.05, 0.1) is 0 Å². The van der Waals surface area contributed by atoms with Crippen LogP contribution in [0.25, 0.3) is 11.1 Å². The summed E-state index contributed by atoms with van der Waals surface area (Å²) in [6.45, 7) is 2.01. The Bertz CT molecular complexity index is 1200. The minimum absolute atomic E-state index is 0.00379. The van der Waals surface area contributed by atoms with Gasteiger partial charge in [-0.3, -0.25) is 9.59 Å². The smallest absolute Gasteiger partial charge is 0.407 e. The molecule has 2 amide bonds. The molecule has 3 aromatic rings. The first-order valence-corrected chi connectivity index (χ1v) is 12.6. The molecule has 1 aliphatic rings. The van der Waals surface area contributed by atoms with E-state index in [0.717, 1.165) is 16.7 Å². The molecule has 0 heterocycles. The van der Waals surface area contributed by atoms with Crippen molar-refractivity contribution in [2.45, 2.75) is 44.7 Å². The number of hydrogen-bond donors (Lipinski definition) is 2. The van der Waals surface area contributed by atoms with Crippen LogP contribution in [0, 0.1) is 0 Å². The van der Waals surface area contributed by atoms with Gasteiger partial charge < -0.3 is 20.1 Å². The number of amides is 2. The van der Waals surface area contributed by atoms with E-state index in [0.29, 0.717) is 12.8 Å². The zero-order chi connectivity index (χ0) is 26.2. The number of rotatable bonds is 11. The second-order valence-electron chi connectivity index (χ2n) is 9.39. The molecule has 0 bridgehead atoms. The summed E-state index contributed by atoms with van der Waals surface area (Å²) in [5.41, 5.74) is 5.54. The Balaban J connectivity index is 1.23. The standard InChI is InChI=1S/C30H32N2O5/c1-21(10-9-17-28(33)32(19-29(34)35)18-22-11-3-2-4-12-22)31-30(36)37-20-27-25-15-7-5-13-23(25)24-14-6-8-16-26(24)27/h2-8,11-16,21,27H,9-10,17-20H2,1H3,(H,31,36)(H,34,35). The van der Waals surface area contributed by atoms with Gasteiger partial charge in [-0.15, -0.1) is 0 Å². The minimum atomic E-state index is -1.05. The molecular weight excluding hydrogens is 468 g/mol. The Morgan fingerprint density at radius 1 is 0.919 bits per heavy atom. The Kier molecular flexibility index (Phi) is 8.56. The van der Waals surface area contributed by atoms with Crippen LogP contribution in [0.1, 0.15) is 48.8 Å². The zero-order valence-electron chi connectivity index (χ0n) is 20.9. The number of fused-ring (bicyclic) bond motifs is 3. The Morgan fingerprint density at radius 2 is 1.51 bits per heavy atom. The highest BCUT2D eigenvalue weighted by Crippen LogP contribution is 2.44. The maximum atomic E-state index is 12.7. The number of alkyl carbamates (subject to hydrolysis) is 1.